The second-order valence-electron chi connectivity index (χ2n) is 5.87. The van der Waals surface area contributed by atoms with E-state index in [0.717, 1.165) is 16.8 Å². The van der Waals surface area contributed by atoms with Crippen LogP contribution in [0.2, 0.25) is 0 Å². The molecule has 0 spiro atoms. The van der Waals surface area contributed by atoms with Crippen LogP contribution < -0.4 is 10.2 Å². The Bertz CT molecular complexity index is 871. The average molecular weight is 344 g/mol. The van der Waals surface area contributed by atoms with E-state index in [0.29, 0.717) is 4.99 Å². The van der Waals surface area contributed by atoms with Crippen molar-refractivity contribution in [1.29, 1.82) is 0 Å². The lowest BCUT2D eigenvalue weighted by atomic mass is 9.81. The molecule has 1 N–H and O–H groups in total. The fraction of sp³-hybridized carbons (Fsp3) is 0.0476. The summed E-state index contributed by atoms with van der Waals surface area (Å²) in [7, 11) is 0. The summed E-state index contributed by atoms with van der Waals surface area (Å²) in [6.07, 6.45) is 0. The first-order chi connectivity index (χ1) is 12.2. The molecule has 0 atom stereocenters. The van der Waals surface area contributed by atoms with E-state index in [1.807, 2.05) is 91.0 Å². The number of hydrogen-bond donors (Lipinski definition) is 1. The van der Waals surface area contributed by atoms with Crippen molar-refractivity contribution in [3.05, 3.63) is 102 Å². The number of rotatable bonds is 3. The quantitative estimate of drug-likeness (QED) is 0.710. The van der Waals surface area contributed by atoms with Crippen LogP contribution in [0.3, 0.4) is 0 Å². The van der Waals surface area contributed by atoms with Crippen molar-refractivity contribution in [3.63, 3.8) is 0 Å². The van der Waals surface area contributed by atoms with Crippen LogP contribution in [-0.4, -0.2) is 11.0 Å². The Balaban J connectivity index is 2.05. The van der Waals surface area contributed by atoms with Crippen molar-refractivity contribution >= 4 is 28.9 Å². The molecule has 0 saturated carbocycles. The maximum atomic E-state index is 12.9. The standard InChI is InChI=1S/C21H16N2OS/c24-20-22-19(25)21(16-10-4-1-5-11-16,17-12-6-2-7-13-17)23(20)18-14-8-3-9-15-18/h1-15H,(H,22,24,25). The largest absolute Gasteiger partial charge is 0.328 e. The lowest BCUT2D eigenvalue weighted by Crippen LogP contribution is -2.47. The maximum Gasteiger partial charge on any atom is 0.328 e. The second kappa shape index (κ2) is 6.15. The Morgan fingerprint density at radius 2 is 1.16 bits per heavy atom. The maximum absolute atomic E-state index is 12.9. The highest BCUT2D eigenvalue weighted by Gasteiger charge is 2.53. The minimum atomic E-state index is -0.865. The van der Waals surface area contributed by atoms with Crippen molar-refractivity contribution < 1.29 is 4.79 Å². The van der Waals surface area contributed by atoms with Gasteiger partial charge in [0.15, 0.2) is 5.54 Å². The molecule has 1 saturated heterocycles. The summed E-state index contributed by atoms with van der Waals surface area (Å²) >= 11 is 5.70. The minimum absolute atomic E-state index is 0.219. The molecule has 3 nitrogen and oxygen atoms in total. The summed E-state index contributed by atoms with van der Waals surface area (Å²) in [6, 6.07) is 29.2. The Kier molecular flexibility index (Phi) is 3.82. The molecule has 1 aliphatic heterocycles. The van der Waals surface area contributed by atoms with Crippen molar-refractivity contribution in [3.8, 4) is 0 Å². The summed E-state index contributed by atoms with van der Waals surface area (Å²) < 4.78 is 0. The number of carbonyl (C=O) groups is 1. The Labute approximate surface area is 151 Å². The Morgan fingerprint density at radius 3 is 1.64 bits per heavy atom. The van der Waals surface area contributed by atoms with E-state index in [9.17, 15) is 4.79 Å². The highest BCUT2D eigenvalue weighted by atomic mass is 32.1. The van der Waals surface area contributed by atoms with E-state index in [2.05, 4.69) is 5.32 Å². The van der Waals surface area contributed by atoms with E-state index in [1.54, 1.807) is 4.90 Å². The molecule has 25 heavy (non-hydrogen) atoms. The summed E-state index contributed by atoms with van der Waals surface area (Å²) in [5.74, 6) is 0. The molecule has 4 heteroatoms. The number of nitrogens with one attached hydrogen (secondary N) is 1. The molecule has 0 radical (unpaired) electrons. The minimum Gasteiger partial charge on any atom is -0.299 e. The van der Waals surface area contributed by atoms with E-state index >= 15 is 0 Å². The zero-order chi connectivity index (χ0) is 17.3. The van der Waals surface area contributed by atoms with Crippen molar-refractivity contribution in [2.24, 2.45) is 0 Å². The van der Waals surface area contributed by atoms with Crippen LogP contribution in [0.5, 0.6) is 0 Å². The lowest BCUT2D eigenvalue weighted by molar-refractivity contribution is 0.251. The molecule has 1 heterocycles. The van der Waals surface area contributed by atoms with E-state index < -0.39 is 5.54 Å². The zero-order valence-electron chi connectivity index (χ0n) is 13.4. The average Bonchev–Trinajstić information content (AvgIpc) is 2.94. The van der Waals surface area contributed by atoms with Crippen LogP contribution in [0.4, 0.5) is 10.5 Å². The van der Waals surface area contributed by atoms with Crippen LogP contribution >= 0.6 is 12.2 Å². The second-order valence-corrected chi connectivity index (χ2v) is 6.28. The van der Waals surface area contributed by atoms with Gasteiger partial charge in [-0.1, -0.05) is 91.1 Å². The Hall–Kier alpha value is -2.98. The molecule has 0 aromatic heterocycles. The lowest BCUT2D eigenvalue weighted by Gasteiger charge is -2.37. The van der Waals surface area contributed by atoms with Gasteiger partial charge in [0.25, 0.3) is 0 Å². The van der Waals surface area contributed by atoms with Crippen LogP contribution in [-0.2, 0) is 5.54 Å². The van der Waals surface area contributed by atoms with Crippen molar-refractivity contribution in [1.82, 2.24) is 5.32 Å². The fourth-order valence-corrected chi connectivity index (χ4v) is 3.85. The zero-order valence-corrected chi connectivity index (χ0v) is 14.2. The third kappa shape index (κ3) is 2.34. The number of nitrogens with zero attached hydrogens (tertiary/aromatic N) is 1. The van der Waals surface area contributed by atoms with E-state index in [1.165, 1.54) is 0 Å². The van der Waals surface area contributed by atoms with Gasteiger partial charge in [-0.2, -0.15) is 0 Å². The molecule has 1 aliphatic rings. The Morgan fingerprint density at radius 1 is 0.720 bits per heavy atom. The predicted octanol–water partition coefficient (Wildman–Crippen LogP) is 4.49. The van der Waals surface area contributed by atoms with Gasteiger partial charge < -0.3 is 0 Å². The SMILES string of the molecule is O=C1NC(=S)C(c2ccccc2)(c2ccccc2)N1c1ccccc1. The normalized spacial score (nSPS) is 15.9. The van der Waals surface area contributed by atoms with Gasteiger partial charge in [0.1, 0.15) is 4.99 Å². The van der Waals surface area contributed by atoms with Gasteiger partial charge in [-0.25, -0.2) is 4.79 Å². The van der Waals surface area contributed by atoms with Crippen LogP contribution in [0.15, 0.2) is 91.0 Å². The highest BCUT2D eigenvalue weighted by molar-refractivity contribution is 7.80. The van der Waals surface area contributed by atoms with Gasteiger partial charge in [-0.15, -0.1) is 0 Å². The number of benzene rings is 3. The molecule has 3 aromatic rings. The highest BCUT2D eigenvalue weighted by Crippen LogP contribution is 2.43. The van der Waals surface area contributed by atoms with Gasteiger partial charge in [0, 0.05) is 5.69 Å². The van der Waals surface area contributed by atoms with Crippen LogP contribution in [0.25, 0.3) is 0 Å². The van der Waals surface area contributed by atoms with Gasteiger partial charge in [-0.05, 0) is 23.3 Å². The molecule has 3 aromatic carbocycles. The van der Waals surface area contributed by atoms with E-state index in [4.69, 9.17) is 12.2 Å². The third-order valence-electron chi connectivity index (χ3n) is 4.49. The number of thiocarbonyl (C=S) groups is 1. The number of urea groups is 1. The third-order valence-corrected chi connectivity index (χ3v) is 4.88. The smallest absolute Gasteiger partial charge is 0.299 e. The van der Waals surface area contributed by atoms with Crippen LogP contribution in [0, 0.1) is 0 Å². The molecule has 4 rings (SSSR count). The van der Waals surface area contributed by atoms with Crippen molar-refractivity contribution in [2.45, 2.75) is 5.54 Å². The summed E-state index contributed by atoms with van der Waals surface area (Å²) in [5.41, 5.74) is 1.84. The van der Waals surface area contributed by atoms with E-state index in [-0.39, 0.29) is 6.03 Å². The topological polar surface area (TPSA) is 32.3 Å². The molecule has 2 amide bonds. The molecule has 0 bridgehead atoms. The molecular formula is C21H16N2OS. The molecule has 1 fully saturated rings. The van der Waals surface area contributed by atoms with Gasteiger partial charge in [0.2, 0.25) is 0 Å². The first-order valence-corrected chi connectivity index (χ1v) is 8.47. The number of hydrogen-bond acceptors (Lipinski definition) is 2. The number of para-hydroxylation sites is 1. The molecular weight excluding hydrogens is 328 g/mol. The summed E-state index contributed by atoms with van der Waals surface area (Å²) in [6.45, 7) is 0. The van der Waals surface area contributed by atoms with Gasteiger partial charge in [0.05, 0.1) is 0 Å². The summed E-state index contributed by atoms with van der Waals surface area (Å²) in [5, 5.41) is 2.87. The first-order valence-electron chi connectivity index (χ1n) is 8.06. The molecule has 122 valence electrons. The number of carbonyl (C=O) groups excluding carboxylic acids is 1. The van der Waals surface area contributed by atoms with Gasteiger partial charge >= 0.3 is 6.03 Å². The predicted molar refractivity (Wildman–Crippen MR) is 104 cm³/mol. The number of amides is 2. The van der Waals surface area contributed by atoms with Gasteiger partial charge in [-0.3, -0.25) is 10.2 Å². The molecule has 0 aliphatic carbocycles. The van der Waals surface area contributed by atoms with Crippen LogP contribution in [0.1, 0.15) is 11.1 Å². The molecule has 0 unspecified atom stereocenters. The fourth-order valence-electron chi connectivity index (χ4n) is 3.43. The monoisotopic (exact) mass is 344 g/mol. The summed E-state index contributed by atoms with van der Waals surface area (Å²) in [4.78, 5) is 15.1. The number of anilines is 1. The van der Waals surface area contributed by atoms with Crippen molar-refractivity contribution in [2.75, 3.05) is 4.90 Å². The first kappa shape index (κ1) is 15.5.